The summed E-state index contributed by atoms with van der Waals surface area (Å²) in [6, 6.07) is 4.26. The molecule has 0 radical (unpaired) electrons. The maximum absolute atomic E-state index is 12.1. The summed E-state index contributed by atoms with van der Waals surface area (Å²) in [6.45, 7) is 12.8. The summed E-state index contributed by atoms with van der Waals surface area (Å²) >= 11 is 0. The lowest BCUT2D eigenvalue weighted by atomic mass is 10.1. The minimum atomic E-state index is -0.490. The first-order valence-corrected chi connectivity index (χ1v) is 11.6. The highest BCUT2D eigenvalue weighted by Gasteiger charge is 2.27. The molecule has 1 atom stereocenters. The number of hydrogen-bond donors (Lipinski definition) is 2. The van der Waals surface area contributed by atoms with E-state index in [1.807, 2.05) is 33.0 Å². The summed E-state index contributed by atoms with van der Waals surface area (Å²) in [5.74, 6) is 1.94. The monoisotopic (exact) mass is 430 g/mol. The average molecular weight is 431 g/mol. The number of rotatable bonds is 5. The molecule has 31 heavy (non-hydrogen) atoms. The number of carbonyl (C=O) groups is 1. The van der Waals surface area contributed by atoms with Gasteiger partial charge in [0.15, 0.2) is 5.96 Å². The van der Waals surface area contributed by atoms with Crippen molar-refractivity contribution in [3.8, 4) is 0 Å². The molecule has 0 aromatic carbocycles. The number of amides is 1. The second-order valence-electron chi connectivity index (χ2n) is 9.32. The Morgan fingerprint density at radius 3 is 2.74 bits per heavy atom. The number of aromatic nitrogens is 1. The van der Waals surface area contributed by atoms with Crippen LogP contribution >= 0.6 is 0 Å². The van der Waals surface area contributed by atoms with Gasteiger partial charge in [-0.05, 0) is 71.1 Å². The quantitative estimate of drug-likeness (QED) is 0.552. The maximum atomic E-state index is 12.1. The van der Waals surface area contributed by atoms with Crippen molar-refractivity contribution in [1.82, 2.24) is 20.5 Å². The highest BCUT2D eigenvalue weighted by atomic mass is 16.6. The van der Waals surface area contributed by atoms with Crippen molar-refractivity contribution in [2.75, 3.05) is 37.6 Å². The molecule has 2 fully saturated rings. The maximum Gasteiger partial charge on any atom is 0.407 e. The van der Waals surface area contributed by atoms with Crippen LogP contribution in [0.1, 0.15) is 58.9 Å². The van der Waals surface area contributed by atoms with Gasteiger partial charge in [0.25, 0.3) is 0 Å². The first kappa shape index (κ1) is 23.2. The molecule has 3 heterocycles. The fraction of sp³-hybridized carbons (Fsp3) is 0.696. The topological polar surface area (TPSA) is 82.1 Å². The van der Waals surface area contributed by atoms with E-state index in [-0.39, 0.29) is 12.1 Å². The fourth-order valence-electron chi connectivity index (χ4n) is 3.99. The molecule has 1 amide bonds. The van der Waals surface area contributed by atoms with Crippen LogP contribution in [-0.2, 0) is 11.3 Å². The fourth-order valence-corrected chi connectivity index (χ4v) is 3.99. The van der Waals surface area contributed by atoms with Crippen LogP contribution in [0.15, 0.2) is 23.3 Å². The van der Waals surface area contributed by atoms with Gasteiger partial charge in [-0.1, -0.05) is 0 Å². The lowest BCUT2D eigenvalue weighted by molar-refractivity contribution is 0.0507. The highest BCUT2D eigenvalue weighted by molar-refractivity contribution is 5.80. The van der Waals surface area contributed by atoms with Crippen LogP contribution < -0.4 is 15.5 Å². The van der Waals surface area contributed by atoms with Crippen LogP contribution in [-0.4, -0.2) is 66.3 Å². The van der Waals surface area contributed by atoms with Gasteiger partial charge in [-0.15, -0.1) is 0 Å². The zero-order chi connectivity index (χ0) is 22.3. The van der Waals surface area contributed by atoms with Crippen LogP contribution in [0.4, 0.5) is 10.6 Å². The minimum absolute atomic E-state index is 0.0605. The molecule has 2 N–H and O–H groups in total. The van der Waals surface area contributed by atoms with E-state index in [2.05, 4.69) is 38.4 Å². The van der Waals surface area contributed by atoms with Crippen LogP contribution in [0.3, 0.4) is 0 Å². The molecular weight excluding hydrogens is 392 g/mol. The van der Waals surface area contributed by atoms with Crippen LogP contribution in [0, 0.1) is 0 Å². The third-order valence-corrected chi connectivity index (χ3v) is 5.44. The Hall–Kier alpha value is -2.51. The zero-order valence-electron chi connectivity index (χ0n) is 19.5. The largest absolute Gasteiger partial charge is 0.444 e. The Morgan fingerprint density at radius 1 is 1.26 bits per heavy atom. The number of piperidine rings is 1. The van der Waals surface area contributed by atoms with Crippen molar-refractivity contribution in [1.29, 1.82) is 0 Å². The summed E-state index contributed by atoms with van der Waals surface area (Å²) in [5, 5.41) is 6.37. The predicted molar refractivity (Wildman–Crippen MR) is 124 cm³/mol. The van der Waals surface area contributed by atoms with E-state index in [4.69, 9.17) is 9.73 Å². The van der Waals surface area contributed by atoms with Gasteiger partial charge >= 0.3 is 6.09 Å². The van der Waals surface area contributed by atoms with Gasteiger partial charge in [0.1, 0.15) is 11.4 Å². The molecule has 0 spiro atoms. The summed E-state index contributed by atoms with van der Waals surface area (Å²) < 4.78 is 5.39. The molecular formula is C23H38N6O2. The number of guanidine groups is 1. The molecule has 0 aliphatic carbocycles. The van der Waals surface area contributed by atoms with E-state index in [0.29, 0.717) is 6.54 Å². The number of pyridine rings is 1. The van der Waals surface area contributed by atoms with Crippen molar-refractivity contribution >= 4 is 17.9 Å². The Balaban J connectivity index is 1.58. The standard InChI is InChI=1S/C23H38N6O2/c1-5-24-21(29-14-10-19(17-29)27-22(30)31-23(2,3)4)26-16-18-9-11-25-20(15-18)28-12-7-6-8-13-28/h9,11,15,19H,5-8,10,12-14,16-17H2,1-4H3,(H,24,26)(H,27,30). The van der Waals surface area contributed by atoms with E-state index in [0.717, 1.165) is 56.5 Å². The van der Waals surface area contributed by atoms with Gasteiger partial charge in [0.2, 0.25) is 0 Å². The zero-order valence-corrected chi connectivity index (χ0v) is 19.5. The first-order chi connectivity index (χ1) is 14.8. The third-order valence-electron chi connectivity index (χ3n) is 5.44. The normalized spacial score (nSPS) is 20.0. The van der Waals surface area contributed by atoms with Crippen molar-refractivity contribution in [2.45, 2.75) is 71.6 Å². The van der Waals surface area contributed by atoms with Crippen molar-refractivity contribution in [3.05, 3.63) is 23.9 Å². The molecule has 0 saturated carbocycles. The summed E-state index contributed by atoms with van der Waals surface area (Å²) in [6.07, 6.45) is 6.19. The molecule has 8 nitrogen and oxygen atoms in total. The predicted octanol–water partition coefficient (Wildman–Crippen LogP) is 3.14. The Labute approximate surface area is 186 Å². The molecule has 1 aromatic rings. The lowest BCUT2D eigenvalue weighted by Gasteiger charge is -2.27. The minimum Gasteiger partial charge on any atom is -0.444 e. The second-order valence-corrected chi connectivity index (χ2v) is 9.32. The van der Waals surface area contributed by atoms with Gasteiger partial charge in [0.05, 0.1) is 12.6 Å². The number of anilines is 1. The SMILES string of the molecule is CCNC(=NCc1ccnc(N2CCCCC2)c1)N1CCC(NC(=O)OC(C)(C)C)C1. The number of carbonyl (C=O) groups excluding carboxylic acids is 1. The van der Waals surface area contributed by atoms with E-state index in [9.17, 15) is 4.79 Å². The first-order valence-electron chi connectivity index (χ1n) is 11.6. The van der Waals surface area contributed by atoms with E-state index in [1.165, 1.54) is 19.3 Å². The molecule has 1 unspecified atom stereocenters. The third kappa shape index (κ3) is 7.29. The van der Waals surface area contributed by atoms with Crippen molar-refractivity contribution in [2.24, 2.45) is 4.99 Å². The summed E-state index contributed by atoms with van der Waals surface area (Å²) in [4.78, 5) is 26.1. The number of nitrogens with zero attached hydrogens (tertiary/aromatic N) is 4. The number of aliphatic imine (C=N–C) groups is 1. The molecule has 8 heteroatoms. The molecule has 2 aliphatic heterocycles. The van der Waals surface area contributed by atoms with E-state index in [1.54, 1.807) is 0 Å². The number of hydrogen-bond acceptors (Lipinski definition) is 5. The Kier molecular flexibility index (Phi) is 7.98. The van der Waals surface area contributed by atoms with Gasteiger partial charge in [0, 0.05) is 38.9 Å². The van der Waals surface area contributed by atoms with Gasteiger partial charge in [-0.2, -0.15) is 0 Å². The van der Waals surface area contributed by atoms with Gasteiger partial charge in [-0.25, -0.2) is 14.8 Å². The van der Waals surface area contributed by atoms with Crippen LogP contribution in [0.25, 0.3) is 0 Å². The van der Waals surface area contributed by atoms with E-state index < -0.39 is 5.60 Å². The van der Waals surface area contributed by atoms with Gasteiger partial charge < -0.3 is 25.2 Å². The summed E-state index contributed by atoms with van der Waals surface area (Å²) in [5.41, 5.74) is 0.671. The highest BCUT2D eigenvalue weighted by Crippen LogP contribution is 2.19. The number of ether oxygens (including phenoxy) is 1. The van der Waals surface area contributed by atoms with Crippen molar-refractivity contribution in [3.63, 3.8) is 0 Å². The molecule has 172 valence electrons. The van der Waals surface area contributed by atoms with Crippen molar-refractivity contribution < 1.29 is 9.53 Å². The van der Waals surface area contributed by atoms with Gasteiger partial charge in [-0.3, -0.25) is 0 Å². The molecule has 1 aromatic heterocycles. The number of alkyl carbamates (subject to hydrolysis) is 1. The number of likely N-dealkylation sites (tertiary alicyclic amines) is 1. The average Bonchev–Trinajstić information content (AvgIpc) is 3.18. The molecule has 2 aliphatic rings. The molecule has 2 saturated heterocycles. The van der Waals surface area contributed by atoms with Crippen LogP contribution in [0.5, 0.6) is 0 Å². The number of nitrogens with one attached hydrogen (secondary N) is 2. The Morgan fingerprint density at radius 2 is 2.03 bits per heavy atom. The molecule has 0 bridgehead atoms. The lowest BCUT2D eigenvalue weighted by Crippen LogP contribution is -2.44. The van der Waals surface area contributed by atoms with E-state index >= 15 is 0 Å². The second kappa shape index (κ2) is 10.7. The Bertz CT molecular complexity index is 755. The smallest absolute Gasteiger partial charge is 0.407 e. The summed E-state index contributed by atoms with van der Waals surface area (Å²) in [7, 11) is 0. The van der Waals surface area contributed by atoms with Crippen LogP contribution in [0.2, 0.25) is 0 Å². The molecule has 3 rings (SSSR count).